The molecule has 2 heterocycles. The number of nitrogens with zero attached hydrogens (tertiary/aromatic N) is 2. The number of anilines is 3. The normalized spacial score (nSPS) is 16.1. The maximum atomic E-state index is 13.2. The number of urea groups is 1. The standard InChI is InChI=1S/C24H30N4O2/c1-17-8-7-9-21(18(17)2)26-24(30)25-19-10-11-22(27-12-3-4-13-27)20(16-19)23(29)28-14-5-6-15-28/h7-11,16H,3-6,12-15H2,1-2H3,(H2,25,26,30). The Labute approximate surface area is 178 Å². The van der Waals surface area contributed by atoms with Gasteiger partial charge in [0.25, 0.3) is 5.91 Å². The number of rotatable bonds is 4. The monoisotopic (exact) mass is 406 g/mol. The smallest absolute Gasteiger partial charge is 0.323 e. The van der Waals surface area contributed by atoms with Gasteiger partial charge in [0.1, 0.15) is 0 Å². The van der Waals surface area contributed by atoms with Crippen molar-refractivity contribution in [2.24, 2.45) is 0 Å². The number of aryl methyl sites for hydroxylation is 1. The van der Waals surface area contributed by atoms with Crippen LogP contribution in [0.5, 0.6) is 0 Å². The third-order valence-corrected chi connectivity index (χ3v) is 6.18. The summed E-state index contributed by atoms with van der Waals surface area (Å²) in [7, 11) is 0. The van der Waals surface area contributed by atoms with Crippen molar-refractivity contribution in [2.75, 3.05) is 41.7 Å². The van der Waals surface area contributed by atoms with Gasteiger partial charge >= 0.3 is 6.03 Å². The van der Waals surface area contributed by atoms with E-state index in [2.05, 4.69) is 15.5 Å². The van der Waals surface area contributed by atoms with Gasteiger partial charge in [0.05, 0.1) is 5.56 Å². The number of benzene rings is 2. The van der Waals surface area contributed by atoms with Crippen molar-refractivity contribution in [1.29, 1.82) is 0 Å². The highest BCUT2D eigenvalue weighted by Crippen LogP contribution is 2.30. The van der Waals surface area contributed by atoms with Crippen molar-refractivity contribution in [2.45, 2.75) is 39.5 Å². The van der Waals surface area contributed by atoms with E-state index in [0.29, 0.717) is 11.3 Å². The summed E-state index contributed by atoms with van der Waals surface area (Å²) >= 11 is 0. The molecule has 0 saturated carbocycles. The fourth-order valence-corrected chi connectivity index (χ4v) is 4.28. The van der Waals surface area contributed by atoms with E-state index in [4.69, 9.17) is 0 Å². The Balaban J connectivity index is 1.55. The molecule has 2 aromatic rings. The molecule has 2 aliphatic rings. The number of carbonyl (C=O) groups excluding carboxylic acids is 2. The molecule has 2 aliphatic heterocycles. The van der Waals surface area contributed by atoms with E-state index < -0.39 is 0 Å². The highest BCUT2D eigenvalue weighted by atomic mass is 16.2. The van der Waals surface area contributed by atoms with Gasteiger partial charge in [-0.15, -0.1) is 0 Å². The molecule has 30 heavy (non-hydrogen) atoms. The second-order valence-electron chi connectivity index (χ2n) is 8.25. The number of carbonyl (C=O) groups is 2. The van der Waals surface area contributed by atoms with Crippen LogP contribution in [0.2, 0.25) is 0 Å². The number of hydrogen-bond acceptors (Lipinski definition) is 3. The first-order valence-electron chi connectivity index (χ1n) is 10.9. The maximum Gasteiger partial charge on any atom is 0.323 e. The van der Waals surface area contributed by atoms with Gasteiger partial charge < -0.3 is 20.4 Å². The molecule has 0 radical (unpaired) electrons. The minimum atomic E-state index is -0.308. The van der Waals surface area contributed by atoms with E-state index in [9.17, 15) is 9.59 Å². The fourth-order valence-electron chi connectivity index (χ4n) is 4.28. The molecular formula is C24H30N4O2. The molecule has 2 fully saturated rings. The number of likely N-dealkylation sites (tertiary alicyclic amines) is 1. The predicted octanol–water partition coefficient (Wildman–Crippen LogP) is 4.78. The lowest BCUT2D eigenvalue weighted by Gasteiger charge is -2.24. The summed E-state index contributed by atoms with van der Waals surface area (Å²) < 4.78 is 0. The van der Waals surface area contributed by atoms with Crippen molar-refractivity contribution in [3.05, 3.63) is 53.1 Å². The molecule has 0 atom stereocenters. The largest absolute Gasteiger partial charge is 0.371 e. The Hall–Kier alpha value is -3.02. The molecule has 0 unspecified atom stereocenters. The van der Waals surface area contributed by atoms with Gasteiger partial charge in [-0.3, -0.25) is 4.79 Å². The summed E-state index contributed by atoms with van der Waals surface area (Å²) in [6, 6.07) is 11.2. The average Bonchev–Trinajstić information content (AvgIpc) is 3.45. The van der Waals surface area contributed by atoms with Gasteiger partial charge in [-0.2, -0.15) is 0 Å². The summed E-state index contributed by atoms with van der Waals surface area (Å²) in [5.41, 5.74) is 5.24. The molecule has 0 bridgehead atoms. The van der Waals surface area contributed by atoms with Crippen molar-refractivity contribution < 1.29 is 9.59 Å². The van der Waals surface area contributed by atoms with Crippen molar-refractivity contribution in [3.63, 3.8) is 0 Å². The van der Waals surface area contributed by atoms with Gasteiger partial charge in [-0.05, 0) is 74.9 Å². The molecule has 0 spiro atoms. The van der Waals surface area contributed by atoms with Crippen molar-refractivity contribution in [1.82, 2.24) is 4.90 Å². The van der Waals surface area contributed by atoms with Gasteiger partial charge in [0, 0.05) is 43.2 Å². The Morgan fingerprint density at radius 1 is 0.867 bits per heavy atom. The molecule has 0 aliphatic carbocycles. The molecule has 158 valence electrons. The Kier molecular flexibility index (Phi) is 5.93. The van der Waals surface area contributed by atoms with Gasteiger partial charge in [0.15, 0.2) is 0 Å². The Bertz CT molecular complexity index is 944. The van der Waals surface area contributed by atoms with Crippen LogP contribution in [0.3, 0.4) is 0 Å². The Morgan fingerprint density at radius 2 is 1.57 bits per heavy atom. The van der Waals surface area contributed by atoms with Crippen molar-refractivity contribution in [3.8, 4) is 0 Å². The summed E-state index contributed by atoms with van der Waals surface area (Å²) in [4.78, 5) is 30.0. The van der Waals surface area contributed by atoms with E-state index in [1.54, 1.807) is 0 Å². The van der Waals surface area contributed by atoms with Crippen molar-refractivity contribution >= 4 is 29.0 Å². The summed E-state index contributed by atoms with van der Waals surface area (Å²) in [6.07, 6.45) is 4.41. The zero-order chi connectivity index (χ0) is 21.1. The fraction of sp³-hybridized carbons (Fsp3) is 0.417. The minimum absolute atomic E-state index is 0.0630. The number of nitrogens with one attached hydrogen (secondary N) is 2. The average molecular weight is 407 g/mol. The van der Waals surface area contributed by atoms with Gasteiger partial charge in [0.2, 0.25) is 0 Å². The van der Waals surface area contributed by atoms with Crippen LogP contribution >= 0.6 is 0 Å². The molecule has 6 nitrogen and oxygen atoms in total. The SMILES string of the molecule is Cc1cccc(NC(=O)Nc2ccc(N3CCCC3)c(C(=O)N3CCCC3)c2)c1C. The van der Waals surface area contributed by atoms with Crippen LogP contribution in [0.25, 0.3) is 0 Å². The lowest BCUT2D eigenvalue weighted by molar-refractivity contribution is 0.0793. The van der Waals surface area contributed by atoms with E-state index >= 15 is 0 Å². The van der Waals surface area contributed by atoms with E-state index in [1.165, 1.54) is 0 Å². The second-order valence-corrected chi connectivity index (χ2v) is 8.25. The van der Waals surface area contributed by atoms with Gasteiger partial charge in [-0.1, -0.05) is 12.1 Å². The third kappa shape index (κ3) is 4.27. The molecule has 6 heteroatoms. The minimum Gasteiger partial charge on any atom is -0.371 e. The van der Waals surface area contributed by atoms with Crippen LogP contribution in [-0.2, 0) is 0 Å². The second kappa shape index (κ2) is 8.78. The summed E-state index contributed by atoms with van der Waals surface area (Å²) in [5.74, 6) is 0.0630. The Morgan fingerprint density at radius 3 is 2.30 bits per heavy atom. The lowest BCUT2D eigenvalue weighted by atomic mass is 10.1. The first-order chi connectivity index (χ1) is 14.5. The topological polar surface area (TPSA) is 64.7 Å². The van der Waals surface area contributed by atoms with E-state index in [-0.39, 0.29) is 11.9 Å². The molecule has 2 aromatic carbocycles. The maximum absolute atomic E-state index is 13.2. The quantitative estimate of drug-likeness (QED) is 0.768. The highest BCUT2D eigenvalue weighted by Gasteiger charge is 2.25. The molecule has 2 N–H and O–H groups in total. The predicted molar refractivity (Wildman–Crippen MR) is 122 cm³/mol. The zero-order valence-corrected chi connectivity index (χ0v) is 17.8. The summed E-state index contributed by atoms with van der Waals surface area (Å²) in [5, 5.41) is 5.82. The van der Waals surface area contributed by atoms with E-state index in [0.717, 1.165) is 74.4 Å². The summed E-state index contributed by atoms with van der Waals surface area (Å²) in [6.45, 7) is 7.57. The first kappa shape index (κ1) is 20.3. The number of amides is 3. The first-order valence-corrected chi connectivity index (χ1v) is 10.9. The van der Waals surface area contributed by atoms with Crippen LogP contribution < -0.4 is 15.5 Å². The molecule has 0 aromatic heterocycles. The van der Waals surface area contributed by atoms with Crippen LogP contribution in [0.15, 0.2) is 36.4 Å². The highest BCUT2D eigenvalue weighted by molar-refractivity contribution is 6.04. The van der Waals surface area contributed by atoms with Crippen LogP contribution in [0, 0.1) is 13.8 Å². The molecular weight excluding hydrogens is 376 g/mol. The van der Waals surface area contributed by atoms with Crippen LogP contribution in [-0.4, -0.2) is 43.0 Å². The zero-order valence-electron chi connectivity index (χ0n) is 17.8. The van der Waals surface area contributed by atoms with E-state index in [1.807, 2.05) is 55.1 Å². The number of hydrogen-bond donors (Lipinski definition) is 2. The van der Waals surface area contributed by atoms with Crippen LogP contribution in [0.1, 0.15) is 47.2 Å². The lowest BCUT2D eigenvalue weighted by Crippen LogP contribution is -2.30. The van der Waals surface area contributed by atoms with Crippen LogP contribution in [0.4, 0.5) is 21.9 Å². The molecule has 4 rings (SSSR count). The molecule has 3 amide bonds. The molecule has 2 saturated heterocycles. The van der Waals surface area contributed by atoms with Gasteiger partial charge in [-0.25, -0.2) is 4.79 Å². The third-order valence-electron chi connectivity index (χ3n) is 6.18.